The van der Waals surface area contributed by atoms with E-state index in [1.807, 2.05) is 43.3 Å². The van der Waals surface area contributed by atoms with Gasteiger partial charge in [0.25, 0.3) is 0 Å². The molecule has 1 fully saturated rings. The molecule has 3 rings (SSSR count). The summed E-state index contributed by atoms with van der Waals surface area (Å²) in [6.07, 6.45) is 0. The first-order chi connectivity index (χ1) is 13.2. The third-order valence-electron chi connectivity index (χ3n) is 5.62. The van der Waals surface area contributed by atoms with Crippen molar-refractivity contribution in [2.45, 2.75) is 52.4 Å². The fourth-order valence-electron chi connectivity index (χ4n) is 3.17. The van der Waals surface area contributed by atoms with Crippen molar-refractivity contribution in [2.75, 3.05) is 14.2 Å². The Bertz CT molecular complexity index is 831. The lowest BCUT2D eigenvalue weighted by atomic mass is 9.75. The van der Waals surface area contributed by atoms with Gasteiger partial charge in [-0.3, -0.25) is 0 Å². The summed E-state index contributed by atoms with van der Waals surface area (Å²) in [5.41, 5.74) is 2.19. The fraction of sp³-hybridized carbons (Fsp3) is 0.455. The molecule has 0 radical (unpaired) electrons. The molecule has 1 aliphatic rings. The number of rotatable bonds is 6. The highest BCUT2D eigenvalue weighted by molar-refractivity contribution is 6.63. The third-order valence-corrected chi connectivity index (χ3v) is 5.62. The van der Waals surface area contributed by atoms with Gasteiger partial charge in [-0.2, -0.15) is 0 Å². The summed E-state index contributed by atoms with van der Waals surface area (Å²) in [6, 6.07) is 11.7. The van der Waals surface area contributed by atoms with Crippen LogP contribution < -0.4 is 19.7 Å². The van der Waals surface area contributed by atoms with E-state index in [-0.39, 0.29) is 0 Å². The van der Waals surface area contributed by atoms with Crippen molar-refractivity contribution in [2.24, 2.45) is 0 Å². The van der Waals surface area contributed by atoms with Crippen LogP contribution >= 0.6 is 0 Å². The van der Waals surface area contributed by atoms with Crippen LogP contribution in [0.3, 0.4) is 0 Å². The predicted molar refractivity (Wildman–Crippen MR) is 111 cm³/mol. The number of hydrogen-bond acceptors (Lipinski definition) is 5. The van der Waals surface area contributed by atoms with Gasteiger partial charge < -0.3 is 23.5 Å². The zero-order valence-electron chi connectivity index (χ0n) is 17.8. The molecular weight excluding hydrogens is 355 g/mol. The Labute approximate surface area is 168 Å². The molecule has 1 aliphatic heterocycles. The summed E-state index contributed by atoms with van der Waals surface area (Å²) in [6.45, 7) is 10.6. The van der Waals surface area contributed by atoms with Crippen molar-refractivity contribution in [3.63, 3.8) is 0 Å². The Balaban J connectivity index is 1.84. The van der Waals surface area contributed by atoms with Crippen LogP contribution in [0.15, 0.2) is 36.4 Å². The molecule has 6 heteroatoms. The van der Waals surface area contributed by atoms with Crippen molar-refractivity contribution < 1.29 is 23.5 Å². The van der Waals surface area contributed by atoms with Gasteiger partial charge >= 0.3 is 7.12 Å². The first-order valence-corrected chi connectivity index (χ1v) is 9.47. The van der Waals surface area contributed by atoms with Crippen molar-refractivity contribution >= 4 is 12.6 Å². The van der Waals surface area contributed by atoms with Crippen LogP contribution in [0, 0.1) is 6.92 Å². The summed E-state index contributed by atoms with van der Waals surface area (Å²) in [5, 5.41) is 0. The Morgan fingerprint density at radius 3 is 2.11 bits per heavy atom. The van der Waals surface area contributed by atoms with E-state index in [0.717, 1.165) is 22.3 Å². The Hall–Kier alpha value is -2.18. The normalized spacial score (nSPS) is 17.5. The number of benzene rings is 2. The molecule has 1 saturated heterocycles. The highest BCUT2D eigenvalue weighted by Gasteiger charge is 2.52. The average Bonchev–Trinajstić information content (AvgIpc) is 2.86. The van der Waals surface area contributed by atoms with Gasteiger partial charge in [0, 0.05) is 5.46 Å². The number of ether oxygens (including phenoxy) is 3. The second-order valence-corrected chi connectivity index (χ2v) is 8.05. The molecule has 28 heavy (non-hydrogen) atoms. The molecule has 0 spiro atoms. The first-order valence-electron chi connectivity index (χ1n) is 9.47. The first kappa shape index (κ1) is 20.6. The molecule has 0 bridgehead atoms. The molecule has 0 amide bonds. The van der Waals surface area contributed by atoms with Gasteiger partial charge in [0.2, 0.25) is 0 Å². The van der Waals surface area contributed by atoms with Crippen molar-refractivity contribution in [1.29, 1.82) is 0 Å². The van der Waals surface area contributed by atoms with E-state index < -0.39 is 18.3 Å². The van der Waals surface area contributed by atoms with Crippen molar-refractivity contribution in [3.8, 4) is 17.2 Å². The Morgan fingerprint density at radius 1 is 0.857 bits per heavy atom. The molecule has 0 saturated carbocycles. The molecule has 0 aliphatic carbocycles. The predicted octanol–water partition coefficient (Wildman–Crippen LogP) is 3.89. The average molecular weight is 384 g/mol. The van der Waals surface area contributed by atoms with Crippen LogP contribution in [0.25, 0.3) is 0 Å². The van der Waals surface area contributed by atoms with E-state index in [4.69, 9.17) is 23.5 Å². The molecule has 0 aromatic heterocycles. The van der Waals surface area contributed by atoms with E-state index >= 15 is 0 Å². The topological polar surface area (TPSA) is 46.2 Å². The quantitative estimate of drug-likeness (QED) is 0.708. The SMILES string of the molecule is COc1ccc(COc2cccc(C)c2B2OC(C)(C)C(C)(C)O2)cc1OC. The zero-order valence-corrected chi connectivity index (χ0v) is 17.8. The molecule has 150 valence electrons. The minimum Gasteiger partial charge on any atom is -0.493 e. The van der Waals surface area contributed by atoms with Gasteiger partial charge in [-0.25, -0.2) is 0 Å². The van der Waals surface area contributed by atoms with Gasteiger partial charge in [0.1, 0.15) is 12.4 Å². The number of aryl methyl sites for hydroxylation is 1. The maximum absolute atomic E-state index is 6.25. The number of hydrogen-bond donors (Lipinski definition) is 0. The molecule has 0 atom stereocenters. The second-order valence-electron chi connectivity index (χ2n) is 8.05. The lowest BCUT2D eigenvalue weighted by Gasteiger charge is -2.32. The standard InChI is InChI=1S/C22H29BO5/c1-15-9-8-10-18(20(15)23-27-21(2,3)22(4,5)28-23)26-14-16-11-12-17(24-6)19(13-16)25-7/h8-13H,14H2,1-7H3. The van der Waals surface area contributed by atoms with Crippen LogP contribution in [0.5, 0.6) is 17.2 Å². The highest BCUT2D eigenvalue weighted by Crippen LogP contribution is 2.37. The van der Waals surface area contributed by atoms with E-state index in [1.165, 1.54) is 0 Å². The molecule has 0 N–H and O–H groups in total. The highest BCUT2D eigenvalue weighted by atomic mass is 16.7. The van der Waals surface area contributed by atoms with E-state index in [9.17, 15) is 0 Å². The summed E-state index contributed by atoms with van der Waals surface area (Å²) in [7, 11) is 2.78. The minimum atomic E-state index is -0.466. The summed E-state index contributed by atoms with van der Waals surface area (Å²) >= 11 is 0. The van der Waals surface area contributed by atoms with Crippen LogP contribution in [0.4, 0.5) is 0 Å². The molecule has 5 nitrogen and oxygen atoms in total. The number of methoxy groups -OCH3 is 2. The monoisotopic (exact) mass is 384 g/mol. The van der Waals surface area contributed by atoms with Crippen LogP contribution in [0.1, 0.15) is 38.8 Å². The van der Waals surface area contributed by atoms with E-state index in [2.05, 4.69) is 27.7 Å². The lowest BCUT2D eigenvalue weighted by Crippen LogP contribution is -2.41. The Morgan fingerprint density at radius 2 is 1.50 bits per heavy atom. The molecule has 0 unspecified atom stereocenters. The summed E-state index contributed by atoms with van der Waals surface area (Å²) in [5.74, 6) is 2.13. The van der Waals surface area contributed by atoms with Gasteiger partial charge in [0.05, 0.1) is 25.4 Å². The van der Waals surface area contributed by atoms with Crippen LogP contribution in [-0.4, -0.2) is 32.5 Å². The molecule has 1 heterocycles. The van der Waals surface area contributed by atoms with E-state index in [1.54, 1.807) is 14.2 Å². The van der Waals surface area contributed by atoms with Crippen molar-refractivity contribution in [1.82, 2.24) is 0 Å². The zero-order chi connectivity index (χ0) is 20.5. The van der Waals surface area contributed by atoms with Crippen LogP contribution in [0.2, 0.25) is 0 Å². The molecule has 2 aromatic carbocycles. The molecule has 2 aromatic rings. The largest absolute Gasteiger partial charge is 0.498 e. The third kappa shape index (κ3) is 3.84. The van der Waals surface area contributed by atoms with Crippen LogP contribution in [-0.2, 0) is 15.9 Å². The smallest absolute Gasteiger partial charge is 0.493 e. The lowest BCUT2D eigenvalue weighted by molar-refractivity contribution is 0.00578. The Kier molecular flexibility index (Phi) is 5.64. The van der Waals surface area contributed by atoms with E-state index in [0.29, 0.717) is 18.1 Å². The van der Waals surface area contributed by atoms with Gasteiger partial charge in [-0.05, 0) is 63.9 Å². The minimum absolute atomic E-state index is 0.399. The van der Waals surface area contributed by atoms with Gasteiger partial charge in [-0.1, -0.05) is 18.2 Å². The van der Waals surface area contributed by atoms with Crippen molar-refractivity contribution in [3.05, 3.63) is 47.5 Å². The second kappa shape index (κ2) is 7.68. The summed E-state index contributed by atoms with van der Waals surface area (Å²) in [4.78, 5) is 0. The maximum Gasteiger partial charge on any atom is 0.498 e. The molecular formula is C22H29BO5. The fourth-order valence-corrected chi connectivity index (χ4v) is 3.17. The maximum atomic E-state index is 6.25. The summed E-state index contributed by atoms with van der Waals surface area (Å²) < 4.78 is 29.3. The van der Waals surface area contributed by atoms with Gasteiger partial charge in [-0.15, -0.1) is 0 Å². The van der Waals surface area contributed by atoms with Gasteiger partial charge in [0.15, 0.2) is 11.5 Å².